The van der Waals surface area contributed by atoms with Crippen LogP contribution >= 0.6 is 0 Å². The monoisotopic (exact) mass is 269 g/mol. The number of methoxy groups -OCH3 is 1. The smallest absolute Gasteiger partial charge is 0.118 e. The molecule has 0 aliphatic carbocycles. The summed E-state index contributed by atoms with van der Waals surface area (Å²) in [5.74, 6) is 0.896. The molecular formula is C18H23NO. The van der Waals surface area contributed by atoms with Crippen LogP contribution < -0.4 is 10.5 Å². The lowest BCUT2D eigenvalue weighted by molar-refractivity contribution is 0.414. The first-order valence-corrected chi connectivity index (χ1v) is 7.05. The van der Waals surface area contributed by atoms with Crippen molar-refractivity contribution in [1.82, 2.24) is 0 Å². The zero-order chi connectivity index (χ0) is 14.5. The molecule has 2 heteroatoms. The Balaban J connectivity index is 1.98. The van der Waals surface area contributed by atoms with Crippen molar-refractivity contribution in [3.05, 3.63) is 64.7 Å². The zero-order valence-electron chi connectivity index (χ0n) is 12.5. The largest absolute Gasteiger partial charge is 0.497 e. The minimum atomic E-state index is 0.0932. The van der Waals surface area contributed by atoms with E-state index in [9.17, 15) is 0 Å². The maximum absolute atomic E-state index is 6.31. The van der Waals surface area contributed by atoms with Gasteiger partial charge in [0.25, 0.3) is 0 Å². The second kappa shape index (κ2) is 6.58. The molecule has 0 aliphatic heterocycles. The van der Waals surface area contributed by atoms with Crippen molar-refractivity contribution in [1.29, 1.82) is 0 Å². The van der Waals surface area contributed by atoms with Gasteiger partial charge in [-0.2, -0.15) is 0 Å². The van der Waals surface area contributed by atoms with Crippen molar-refractivity contribution >= 4 is 0 Å². The van der Waals surface area contributed by atoms with Crippen LogP contribution in [0, 0.1) is 13.8 Å². The summed E-state index contributed by atoms with van der Waals surface area (Å²) in [5.41, 5.74) is 11.4. The lowest BCUT2D eigenvalue weighted by Gasteiger charge is -2.14. The quantitative estimate of drug-likeness (QED) is 0.892. The molecule has 2 aromatic rings. The number of aryl methyl sites for hydroxylation is 3. The lowest BCUT2D eigenvalue weighted by atomic mass is 9.97. The van der Waals surface area contributed by atoms with Crippen LogP contribution in [0.15, 0.2) is 42.5 Å². The van der Waals surface area contributed by atoms with Crippen molar-refractivity contribution in [2.45, 2.75) is 32.7 Å². The van der Waals surface area contributed by atoms with Gasteiger partial charge in [0.15, 0.2) is 0 Å². The second-order valence-corrected chi connectivity index (χ2v) is 5.41. The Labute approximate surface area is 121 Å². The van der Waals surface area contributed by atoms with E-state index in [1.807, 2.05) is 12.1 Å². The molecule has 0 fully saturated rings. The molecule has 2 N–H and O–H groups in total. The summed E-state index contributed by atoms with van der Waals surface area (Å²) in [7, 11) is 1.69. The first-order chi connectivity index (χ1) is 9.58. The summed E-state index contributed by atoms with van der Waals surface area (Å²) < 4.78 is 5.17. The van der Waals surface area contributed by atoms with Crippen LogP contribution in [0.3, 0.4) is 0 Å². The maximum Gasteiger partial charge on any atom is 0.118 e. The highest BCUT2D eigenvalue weighted by Gasteiger charge is 2.07. The van der Waals surface area contributed by atoms with E-state index in [0.717, 1.165) is 18.6 Å². The lowest BCUT2D eigenvalue weighted by Crippen LogP contribution is -2.11. The van der Waals surface area contributed by atoms with Crippen LogP contribution in [0.2, 0.25) is 0 Å². The fraction of sp³-hybridized carbons (Fsp3) is 0.333. The van der Waals surface area contributed by atoms with Crippen LogP contribution in [0.4, 0.5) is 0 Å². The van der Waals surface area contributed by atoms with Gasteiger partial charge >= 0.3 is 0 Å². The molecule has 0 aromatic heterocycles. The molecule has 2 nitrogen and oxygen atoms in total. The van der Waals surface area contributed by atoms with Crippen molar-refractivity contribution < 1.29 is 4.74 Å². The zero-order valence-corrected chi connectivity index (χ0v) is 12.5. The Hall–Kier alpha value is -1.80. The number of hydrogen-bond acceptors (Lipinski definition) is 2. The van der Waals surface area contributed by atoms with Gasteiger partial charge in [-0.25, -0.2) is 0 Å². The highest BCUT2D eigenvalue weighted by Crippen LogP contribution is 2.20. The average Bonchev–Trinajstić information content (AvgIpc) is 2.44. The summed E-state index contributed by atoms with van der Waals surface area (Å²) in [6, 6.07) is 14.8. The average molecular weight is 269 g/mol. The summed E-state index contributed by atoms with van der Waals surface area (Å²) in [4.78, 5) is 0. The molecule has 0 amide bonds. The maximum atomic E-state index is 6.31. The minimum absolute atomic E-state index is 0.0932. The van der Waals surface area contributed by atoms with Crippen LogP contribution in [-0.2, 0) is 6.42 Å². The topological polar surface area (TPSA) is 35.2 Å². The van der Waals surface area contributed by atoms with E-state index >= 15 is 0 Å². The van der Waals surface area contributed by atoms with Gasteiger partial charge in [-0.1, -0.05) is 41.5 Å². The van der Waals surface area contributed by atoms with E-state index in [1.165, 1.54) is 22.3 Å². The molecular weight excluding hydrogens is 246 g/mol. The third-order valence-electron chi connectivity index (χ3n) is 3.58. The minimum Gasteiger partial charge on any atom is -0.497 e. The van der Waals surface area contributed by atoms with Gasteiger partial charge in [-0.05, 0) is 49.9 Å². The molecule has 1 atom stereocenters. The summed E-state index contributed by atoms with van der Waals surface area (Å²) in [5, 5.41) is 0. The van der Waals surface area contributed by atoms with Crippen molar-refractivity contribution in [2.24, 2.45) is 5.73 Å². The molecule has 2 aromatic carbocycles. The van der Waals surface area contributed by atoms with Crippen LogP contribution in [0.25, 0.3) is 0 Å². The van der Waals surface area contributed by atoms with Crippen molar-refractivity contribution in [3.63, 3.8) is 0 Å². The molecule has 106 valence electrons. The molecule has 0 spiro atoms. The fourth-order valence-corrected chi connectivity index (χ4v) is 2.51. The van der Waals surface area contributed by atoms with Gasteiger partial charge in [0.2, 0.25) is 0 Å². The SMILES string of the molecule is COc1ccc(CCC(N)c2cc(C)cc(C)c2)cc1. The van der Waals surface area contributed by atoms with Gasteiger partial charge in [0.05, 0.1) is 7.11 Å². The summed E-state index contributed by atoms with van der Waals surface area (Å²) in [6.07, 6.45) is 1.94. The van der Waals surface area contributed by atoms with E-state index in [2.05, 4.69) is 44.2 Å². The summed E-state index contributed by atoms with van der Waals surface area (Å²) >= 11 is 0. The van der Waals surface area contributed by atoms with Crippen LogP contribution in [0.1, 0.15) is 34.7 Å². The summed E-state index contributed by atoms with van der Waals surface area (Å²) in [6.45, 7) is 4.24. The van der Waals surface area contributed by atoms with Gasteiger partial charge in [-0.15, -0.1) is 0 Å². The Morgan fingerprint density at radius 1 is 1.00 bits per heavy atom. The van der Waals surface area contributed by atoms with Crippen LogP contribution in [-0.4, -0.2) is 7.11 Å². The third-order valence-corrected chi connectivity index (χ3v) is 3.58. The predicted molar refractivity (Wildman–Crippen MR) is 84.2 cm³/mol. The van der Waals surface area contributed by atoms with Crippen molar-refractivity contribution in [2.75, 3.05) is 7.11 Å². The number of benzene rings is 2. The normalized spacial score (nSPS) is 12.2. The molecule has 0 saturated heterocycles. The number of ether oxygens (including phenoxy) is 1. The van der Waals surface area contributed by atoms with Gasteiger partial charge in [0, 0.05) is 6.04 Å². The molecule has 1 unspecified atom stereocenters. The Morgan fingerprint density at radius 2 is 1.60 bits per heavy atom. The van der Waals surface area contributed by atoms with Gasteiger partial charge in [-0.3, -0.25) is 0 Å². The first-order valence-electron chi connectivity index (χ1n) is 7.05. The van der Waals surface area contributed by atoms with E-state index in [0.29, 0.717) is 0 Å². The number of nitrogens with two attached hydrogens (primary N) is 1. The molecule has 0 radical (unpaired) electrons. The molecule has 0 saturated carbocycles. The standard InChI is InChI=1S/C18H23NO/c1-13-10-14(2)12-16(11-13)18(19)9-6-15-4-7-17(20-3)8-5-15/h4-5,7-8,10-12,18H,6,9,19H2,1-3H3. The third kappa shape index (κ3) is 3.84. The molecule has 0 aliphatic rings. The Morgan fingerprint density at radius 3 is 2.15 bits per heavy atom. The first kappa shape index (κ1) is 14.6. The van der Waals surface area contributed by atoms with Gasteiger partial charge < -0.3 is 10.5 Å². The Bertz CT molecular complexity index is 540. The molecule has 0 heterocycles. The molecule has 2 rings (SSSR count). The highest BCUT2D eigenvalue weighted by atomic mass is 16.5. The number of rotatable bonds is 5. The van der Waals surface area contributed by atoms with E-state index in [-0.39, 0.29) is 6.04 Å². The highest BCUT2D eigenvalue weighted by molar-refractivity contribution is 5.31. The van der Waals surface area contributed by atoms with Crippen LogP contribution in [0.5, 0.6) is 5.75 Å². The van der Waals surface area contributed by atoms with Gasteiger partial charge in [0.1, 0.15) is 5.75 Å². The molecule has 20 heavy (non-hydrogen) atoms. The molecule has 0 bridgehead atoms. The predicted octanol–water partition coefficient (Wildman–Crippen LogP) is 3.94. The van der Waals surface area contributed by atoms with E-state index in [1.54, 1.807) is 7.11 Å². The van der Waals surface area contributed by atoms with E-state index in [4.69, 9.17) is 10.5 Å². The van der Waals surface area contributed by atoms with E-state index < -0.39 is 0 Å². The second-order valence-electron chi connectivity index (χ2n) is 5.41. The number of hydrogen-bond donors (Lipinski definition) is 1. The van der Waals surface area contributed by atoms with Crippen molar-refractivity contribution in [3.8, 4) is 5.75 Å². The Kier molecular flexibility index (Phi) is 4.80. The fourth-order valence-electron chi connectivity index (χ4n) is 2.51.